The maximum Gasteiger partial charge on any atom is 0.263 e. The van der Waals surface area contributed by atoms with E-state index in [1.165, 1.54) is 11.3 Å². The van der Waals surface area contributed by atoms with Gasteiger partial charge in [0.2, 0.25) is 5.91 Å². The molecule has 5 rings (SSSR count). The zero-order valence-corrected chi connectivity index (χ0v) is 21.9. The second kappa shape index (κ2) is 10.5. The molecule has 3 heterocycles. The first-order valence-electron chi connectivity index (χ1n) is 12.6. The Balaban J connectivity index is 1.40. The average molecular weight is 518 g/mol. The van der Waals surface area contributed by atoms with Crippen molar-refractivity contribution in [2.75, 3.05) is 19.7 Å². The molecule has 0 unspecified atom stereocenters. The van der Waals surface area contributed by atoms with Gasteiger partial charge < -0.3 is 15.0 Å². The molecule has 0 aliphatic carbocycles. The molecule has 1 N–H and O–H groups in total. The summed E-state index contributed by atoms with van der Waals surface area (Å²) in [6, 6.07) is 19.9. The van der Waals surface area contributed by atoms with Gasteiger partial charge in [-0.3, -0.25) is 19.3 Å². The van der Waals surface area contributed by atoms with Crippen LogP contribution in [0.2, 0.25) is 0 Å². The molecule has 1 spiro atoms. The minimum Gasteiger partial charge on any atom is -0.353 e. The summed E-state index contributed by atoms with van der Waals surface area (Å²) in [7, 11) is 0. The predicted octanol–water partition coefficient (Wildman–Crippen LogP) is 4.41. The van der Waals surface area contributed by atoms with E-state index in [1.807, 2.05) is 84.8 Å². The Kier molecular flexibility index (Phi) is 7.13. The van der Waals surface area contributed by atoms with Crippen LogP contribution in [0.25, 0.3) is 0 Å². The average Bonchev–Trinajstić information content (AvgIpc) is 3.58. The first kappa shape index (κ1) is 25.2. The third kappa shape index (κ3) is 4.91. The van der Waals surface area contributed by atoms with E-state index in [4.69, 9.17) is 4.74 Å². The van der Waals surface area contributed by atoms with Crippen LogP contribution in [0.4, 0.5) is 0 Å². The van der Waals surface area contributed by atoms with E-state index in [0.29, 0.717) is 36.4 Å². The summed E-state index contributed by atoms with van der Waals surface area (Å²) in [6.07, 6.45) is 0.888. The van der Waals surface area contributed by atoms with E-state index in [2.05, 4.69) is 5.32 Å². The van der Waals surface area contributed by atoms with Crippen molar-refractivity contribution in [2.45, 2.75) is 44.5 Å². The van der Waals surface area contributed by atoms with Crippen LogP contribution in [0.5, 0.6) is 0 Å². The molecular weight excluding hydrogens is 486 g/mol. The number of carbonyl (C=O) groups excluding carboxylic acids is 3. The van der Waals surface area contributed by atoms with Gasteiger partial charge >= 0.3 is 0 Å². The van der Waals surface area contributed by atoms with Crippen LogP contribution in [0.3, 0.4) is 0 Å². The van der Waals surface area contributed by atoms with Gasteiger partial charge in [0.1, 0.15) is 11.8 Å². The number of rotatable bonds is 5. The highest BCUT2D eigenvalue weighted by Gasteiger charge is 2.54. The van der Waals surface area contributed by atoms with Crippen molar-refractivity contribution >= 4 is 29.1 Å². The van der Waals surface area contributed by atoms with E-state index in [0.717, 1.165) is 11.1 Å². The number of piperidine rings is 1. The first-order valence-corrected chi connectivity index (χ1v) is 13.5. The highest BCUT2D eigenvalue weighted by molar-refractivity contribution is 7.12. The number of aryl methyl sites for hydroxylation is 1. The summed E-state index contributed by atoms with van der Waals surface area (Å²) < 4.78 is 6.33. The minimum absolute atomic E-state index is 0.00870. The van der Waals surface area contributed by atoms with Gasteiger partial charge in [-0.15, -0.1) is 11.3 Å². The van der Waals surface area contributed by atoms with Crippen LogP contribution in [0, 0.1) is 6.92 Å². The lowest BCUT2D eigenvalue weighted by molar-refractivity contribution is -0.128. The van der Waals surface area contributed by atoms with Gasteiger partial charge in [0, 0.05) is 31.5 Å². The largest absolute Gasteiger partial charge is 0.353 e. The number of carbonyl (C=O) groups is 3. The maximum atomic E-state index is 14.0. The predicted molar refractivity (Wildman–Crippen MR) is 142 cm³/mol. The topological polar surface area (TPSA) is 79.0 Å². The van der Waals surface area contributed by atoms with Gasteiger partial charge in [-0.1, -0.05) is 54.6 Å². The number of hydrogen-bond acceptors (Lipinski definition) is 5. The van der Waals surface area contributed by atoms with Crippen LogP contribution >= 0.6 is 11.3 Å². The standard InChI is InChI=1S/C29H31N3O4S/c1-20-9-6-7-12-23(20)27(34)32-24(26(33)30-21(2)22-10-4-3-5-11-22)19-36-29(32)14-16-31(17-15-29)28(35)25-13-8-18-37-25/h3-13,18,21,24H,14-17,19H2,1-2H3,(H,30,33)/t21-,24+/m1/s1. The fraction of sp³-hybridized carbons (Fsp3) is 0.345. The van der Waals surface area contributed by atoms with Gasteiger partial charge in [0.25, 0.3) is 11.8 Å². The van der Waals surface area contributed by atoms with E-state index >= 15 is 0 Å². The van der Waals surface area contributed by atoms with Crippen molar-refractivity contribution in [2.24, 2.45) is 0 Å². The number of benzene rings is 2. The molecule has 3 aromatic rings. The molecule has 2 aliphatic rings. The lowest BCUT2D eigenvalue weighted by atomic mass is 9.95. The monoisotopic (exact) mass is 517 g/mol. The van der Waals surface area contributed by atoms with Crippen molar-refractivity contribution in [1.82, 2.24) is 15.1 Å². The summed E-state index contributed by atoms with van der Waals surface area (Å²) in [6.45, 7) is 4.84. The van der Waals surface area contributed by atoms with Crippen molar-refractivity contribution in [3.63, 3.8) is 0 Å². The smallest absolute Gasteiger partial charge is 0.263 e. The number of thiophene rings is 1. The van der Waals surface area contributed by atoms with Gasteiger partial charge in [-0.05, 0) is 42.5 Å². The van der Waals surface area contributed by atoms with Crippen molar-refractivity contribution in [3.05, 3.63) is 93.7 Å². The third-order valence-electron chi connectivity index (χ3n) is 7.38. The van der Waals surface area contributed by atoms with Crippen molar-refractivity contribution < 1.29 is 19.1 Å². The summed E-state index contributed by atoms with van der Waals surface area (Å²) in [4.78, 5) is 44.6. The highest BCUT2D eigenvalue weighted by atomic mass is 32.1. The molecule has 2 atom stereocenters. The molecule has 3 amide bonds. The zero-order valence-electron chi connectivity index (χ0n) is 21.1. The molecule has 0 radical (unpaired) electrons. The van der Waals surface area contributed by atoms with Crippen LogP contribution in [-0.2, 0) is 9.53 Å². The van der Waals surface area contributed by atoms with Crippen LogP contribution < -0.4 is 5.32 Å². The third-order valence-corrected chi connectivity index (χ3v) is 8.24. The lowest BCUT2D eigenvalue weighted by Gasteiger charge is -2.44. The Morgan fingerprint density at radius 3 is 2.35 bits per heavy atom. The molecule has 7 nitrogen and oxygen atoms in total. The van der Waals surface area contributed by atoms with E-state index in [9.17, 15) is 14.4 Å². The quantitative estimate of drug-likeness (QED) is 0.544. The van der Waals surface area contributed by atoms with Crippen LogP contribution in [0.1, 0.15) is 57.0 Å². The molecule has 0 saturated carbocycles. The Hall–Kier alpha value is -3.49. The molecule has 0 bridgehead atoms. The Morgan fingerprint density at radius 2 is 1.68 bits per heavy atom. The summed E-state index contributed by atoms with van der Waals surface area (Å²) in [5, 5.41) is 4.97. The SMILES string of the molecule is Cc1ccccc1C(=O)N1[C@H](C(=O)N[C@H](C)c2ccccc2)COC12CCN(C(=O)c1cccs1)CC2. The number of hydrogen-bond donors (Lipinski definition) is 1. The van der Waals surface area contributed by atoms with E-state index in [1.54, 1.807) is 11.0 Å². The van der Waals surface area contributed by atoms with E-state index < -0.39 is 11.8 Å². The van der Waals surface area contributed by atoms with Gasteiger partial charge in [0.15, 0.2) is 0 Å². The zero-order chi connectivity index (χ0) is 26.0. The number of likely N-dealkylation sites (tertiary alicyclic amines) is 1. The molecule has 37 heavy (non-hydrogen) atoms. The summed E-state index contributed by atoms with van der Waals surface area (Å²) >= 11 is 1.42. The fourth-order valence-electron chi connectivity index (χ4n) is 5.26. The number of amides is 3. The molecule has 2 aliphatic heterocycles. The highest BCUT2D eigenvalue weighted by Crippen LogP contribution is 2.39. The maximum absolute atomic E-state index is 14.0. The molecule has 2 fully saturated rings. The number of nitrogens with one attached hydrogen (secondary N) is 1. The molecule has 2 saturated heterocycles. The normalized spacial score (nSPS) is 19.6. The van der Waals surface area contributed by atoms with Crippen LogP contribution in [-0.4, -0.2) is 59.0 Å². The Labute approximate surface area is 221 Å². The number of nitrogens with zero attached hydrogens (tertiary/aromatic N) is 2. The Bertz CT molecular complexity index is 1270. The van der Waals surface area contributed by atoms with E-state index in [-0.39, 0.29) is 30.4 Å². The van der Waals surface area contributed by atoms with Gasteiger partial charge in [-0.25, -0.2) is 0 Å². The molecule has 1 aromatic heterocycles. The first-order chi connectivity index (χ1) is 17.9. The lowest BCUT2D eigenvalue weighted by Crippen LogP contribution is -2.60. The van der Waals surface area contributed by atoms with Gasteiger partial charge in [0.05, 0.1) is 17.5 Å². The summed E-state index contributed by atoms with van der Waals surface area (Å²) in [5.74, 6) is -0.473. The summed E-state index contributed by atoms with van der Waals surface area (Å²) in [5.41, 5.74) is 1.44. The molecular formula is C29H31N3O4S. The van der Waals surface area contributed by atoms with Gasteiger partial charge in [-0.2, -0.15) is 0 Å². The fourth-order valence-corrected chi connectivity index (χ4v) is 5.95. The van der Waals surface area contributed by atoms with Crippen molar-refractivity contribution in [3.8, 4) is 0 Å². The molecule has 2 aromatic carbocycles. The second-order valence-electron chi connectivity index (χ2n) is 9.67. The molecule has 8 heteroatoms. The number of ether oxygens (including phenoxy) is 1. The molecule has 192 valence electrons. The van der Waals surface area contributed by atoms with Crippen LogP contribution in [0.15, 0.2) is 72.1 Å². The second-order valence-corrected chi connectivity index (χ2v) is 10.6. The minimum atomic E-state index is -0.941. The Morgan fingerprint density at radius 1 is 0.973 bits per heavy atom. The van der Waals surface area contributed by atoms with Crippen molar-refractivity contribution in [1.29, 1.82) is 0 Å².